The average molecular weight is 297 g/mol. The van der Waals surface area contributed by atoms with Crippen molar-refractivity contribution < 1.29 is 13.2 Å². The molecule has 110 valence electrons. The minimum atomic E-state index is -3.45. The van der Waals surface area contributed by atoms with Crippen LogP contribution in [0.4, 0.5) is 5.69 Å². The monoisotopic (exact) mass is 297 g/mol. The first-order valence-electron chi connectivity index (χ1n) is 6.86. The lowest BCUT2D eigenvalue weighted by Gasteiger charge is -2.28. The highest BCUT2D eigenvalue weighted by molar-refractivity contribution is 7.89. The number of nitrogens with one attached hydrogen (secondary N) is 2. The van der Waals surface area contributed by atoms with Crippen LogP contribution in [0.15, 0.2) is 29.2 Å². The Hall–Kier alpha value is -1.15. The molecule has 1 aliphatic carbocycles. The Morgan fingerprint density at radius 1 is 1.15 bits per heavy atom. The SMILES string of the molecule is O=S(=O)(NC1CC1)c1ccccc1NN1CCOCC1. The second kappa shape index (κ2) is 5.69. The Labute approximate surface area is 119 Å². The van der Waals surface area contributed by atoms with Gasteiger partial charge < -0.3 is 10.2 Å². The van der Waals surface area contributed by atoms with E-state index in [1.54, 1.807) is 18.2 Å². The van der Waals surface area contributed by atoms with Gasteiger partial charge >= 0.3 is 0 Å². The number of para-hydroxylation sites is 1. The number of nitrogens with zero attached hydrogens (tertiary/aromatic N) is 1. The highest BCUT2D eigenvalue weighted by Crippen LogP contribution is 2.26. The topological polar surface area (TPSA) is 70.7 Å². The van der Waals surface area contributed by atoms with Gasteiger partial charge in [0.05, 0.1) is 18.9 Å². The van der Waals surface area contributed by atoms with Crippen LogP contribution >= 0.6 is 0 Å². The maximum Gasteiger partial charge on any atom is 0.242 e. The predicted molar refractivity (Wildman–Crippen MR) is 75.8 cm³/mol. The van der Waals surface area contributed by atoms with Crippen molar-refractivity contribution in [3.05, 3.63) is 24.3 Å². The normalized spacial score (nSPS) is 20.8. The van der Waals surface area contributed by atoms with E-state index in [1.165, 1.54) is 0 Å². The van der Waals surface area contributed by atoms with Gasteiger partial charge in [0.2, 0.25) is 10.0 Å². The molecule has 0 bridgehead atoms. The van der Waals surface area contributed by atoms with Gasteiger partial charge in [-0.05, 0) is 25.0 Å². The Kier molecular flexibility index (Phi) is 3.93. The smallest absolute Gasteiger partial charge is 0.242 e. The molecule has 20 heavy (non-hydrogen) atoms. The fourth-order valence-corrected chi connectivity index (χ4v) is 3.59. The summed E-state index contributed by atoms with van der Waals surface area (Å²) in [7, 11) is -3.45. The van der Waals surface area contributed by atoms with Gasteiger partial charge in [-0.15, -0.1) is 0 Å². The molecule has 1 aliphatic heterocycles. The number of hydrazine groups is 1. The number of morpholine rings is 1. The van der Waals surface area contributed by atoms with E-state index in [2.05, 4.69) is 10.1 Å². The van der Waals surface area contributed by atoms with Crippen molar-refractivity contribution in [2.45, 2.75) is 23.8 Å². The van der Waals surface area contributed by atoms with Crippen LogP contribution in [0.25, 0.3) is 0 Å². The van der Waals surface area contributed by atoms with Gasteiger partial charge in [-0.3, -0.25) is 0 Å². The van der Waals surface area contributed by atoms with Crippen LogP contribution < -0.4 is 10.1 Å². The number of benzene rings is 1. The Balaban J connectivity index is 1.79. The molecule has 1 saturated heterocycles. The third kappa shape index (κ3) is 3.29. The van der Waals surface area contributed by atoms with E-state index in [-0.39, 0.29) is 6.04 Å². The number of sulfonamides is 1. The fourth-order valence-electron chi connectivity index (χ4n) is 2.12. The number of hydrogen-bond donors (Lipinski definition) is 2. The molecule has 1 aromatic rings. The summed E-state index contributed by atoms with van der Waals surface area (Å²) in [6.45, 7) is 2.79. The van der Waals surface area contributed by atoms with E-state index < -0.39 is 10.0 Å². The van der Waals surface area contributed by atoms with E-state index in [0.29, 0.717) is 23.8 Å². The van der Waals surface area contributed by atoms with Crippen molar-refractivity contribution in [2.75, 3.05) is 31.7 Å². The van der Waals surface area contributed by atoms with Gasteiger partial charge in [0.15, 0.2) is 0 Å². The number of hydrogen-bond acceptors (Lipinski definition) is 5. The molecular weight excluding hydrogens is 278 g/mol. The van der Waals surface area contributed by atoms with Crippen molar-refractivity contribution in [2.24, 2.45) is 0 Å². The molecule has 0 spiro atoms. The van der Waals surface area contributed by atoms with Crippen molar-refractivity contribution in [1.82, 2.24) is 9.73 Å². The van der Waals surface area contributed by atoms with Crippen LogP contribution in [0, 0.1) is 0 Å². The van der Waals surface area contributed by atoms with E-state index in [9.17, 15) is 8.42 Å². The minimum absolute atomic E-state index is 0.108. The maximum atomic E-state index is 12.4. The maximum absolute atomic E-state index is 12.4. The van der Waals surface area contributed by atoms with Crippen molar-refractivity contribution in [1.29, 1.82) is 0 Å². The van der Waals surface area contributed by atoms with Crippen LogP contribution in [0.1, 0.15) is 12.8 Å². The van der Waals surface area contributed by atoms with E-state index >= 15 is 0 Å². The molecule has 1 saturated carbocycles. The van der Waals surface area contributed by atoms with Crippen LogP contribution in [-0.2, 0) is 14.8 Å². The van der Waals surface area contributed by atoms with Crippen LogP contribution in [0.5, 0.6) is 0 Å². The van der Waals surface area contributed by atoms with E-state index in [1.807, 2.05) is 11.1 Å². The van der Waals surface area contributed by atoms with Gasteiger partial charge in [-0.2, -0.15) is 0 Å². The summed E-state index contributed by atoms with van der Waals surface area (Å²) >= 11 is 0. The highest BCUT2D eigenvalue weighted by Gasteiger charge is 2.29. The highest BCUT2D eigenvalue weighted by atomic mass is 32.2. The van der Waals surface area contributed by atoms with Gasteiger partial charge in [-0.1, -0.05) is 12.1 Å². The lowest BCUT2D eigenvalue weighted by molar-refractivity contribution is 0.0495. The zero-order valence-electron chi connectivity index (χ0n) is 11.2. The van der Waals surface area contributed by atoms with Crippen LogP contribution in [-0.4, -0.2) is 45.8 Å². The fraction of sp³-hybridized carbons (Fsp3) is 0.538. The molecule has 2 fully saturated rings. The van der Waals surface area contributed by atoms with Crippen molar-refractivity contribution in [3.63, 3.8) is 0 Å². The molecule has 0 aromatic heterocycles. The zero-order chi connectivity index (χ0) is 14.0. The third-order valence-electron chi connectivity index (χ3n) is 3.37. The molecule has 1 aromatic carbocycles. The Morgan fingerprint density at radius 3 is 2.55 bits per heavy atom. The first-order valence-corrected chi connectivity index (χ1v) is 8.34. The molecule has 0 atom stereocenters. The number of rotatable bonds is 5. The number of ether oxygens (including phenoxy) is 1. The summed E-state index contributed by atoms with van der Waals surface area (Å²) in [6.07, 6.45) is 1.86. The van der Waals surface area contributed by atoms with Crippen LogP contribution in [0.3, 0.4) is 0 Å². The first kappa shape index (κ1) is 13.8. The van der Waals surface area contributed by atoms with Gasteiger partial charge in [-0.25, -0.2) is 18.1 Å². The second-order valence-corrected chi connectivity index (χ2v) is 6.79. The summed E-state index contributed by atoms with van der Waals surface area (Å²) in [5.74, 6) is 0. The lowest BCUT2D eigenvalue weighted by Crippen LogP contribution is -2.40. The molecule has 6 nitrogen and oxygen atoms in total. The molecule has 3 rings (SSSR count). The second-order valence-electron chi connectivity index (χ2n) is 5.10. The molecule has 7 heteroatoms. The lowest BCUT2D eigenvalue weighted by atomic mass is 10.3. The van der Waals surface area contributed by atoms with Crippen molar-refractivity contribution >= 4 is 15.7 Å². The van der Waals surface area contributed by atoms with Crippen molar-refractivity contribution in [3.8, 4) is 0 Å². The number of anilines is 1. The summed E-state index contributed by atoms with van der Waals surface area (Å²) in [5.41, 5.74) is 3.80. The van der Waals surface area contributed by atoms with E-state index in [4.69, 9.17) is 4.74 Å². The third-order valence-corrected chi connectivity index (χ3v) is 4.94. The average Bonchev–Trinajstić information content (AvgIpc) is 3.24. The molecule has 2 N–H and O–H groups in total. The summed E-state index contributed by atoms with van der Waals surface area (Å²) in [4.78, 5) is 0.304. The van der Waals surface area contributed by atoms with Gasteiger partial charge in [0, 0.05) is 19.1 Å². The Bertz CT molecular complexity index is 566. The first-order chi connectivity index (χ1) is 9.65. The minimum Gasteiger partial charge on any atom is -0.379 e. The largest absolute Gasteiger partial charge is 0.379 e. The summed E-state index contributed by atoms with van der Waals surface area (Å²) in [6, 6.07) is 7.10. The molecule has 0 unspecified atom stereocenters. The standard InChI is InChI=1S/C13H19N3O3S/c17-20(18,15-11-5-6-11)13-4-2-1-3-12(13)14-16-7-9-19-10-8-16/h1-4,11,14-15H,5-10H2. The van der Waals surface area contributed by atoms with Crippen LogP contribution in [0.2, 0.25) is 0 Å². The predicted octanol–water partition coefficient (Wildman–Crippen LogP) is 0.786. The summed E-state index contributed by atoms with van der Waals surface area (Å²) in [5, 5.41) is 1.98. The van der Waals surface area contributed by atoms with Gasteiger partial charge in [0.1, 0.15) is 4.90 Å². The molecular formula is C13H19N3O3S. The molecule has 0 amide bonds. The Morgan fingerprint density at radius 2 is 1.85 bits per heavy atom. The van der Waals surface area contributed by atoms with Gasteiger partial charge in [0.25, 0.3) is 0 Å². The zero-order valence-corrected chi connectivity index (χ0v) is 12.0. The molecule has 1 heterocycles. The molecule has 2 aliphatic rings. The molecule has 0 radical (unpaired) electrons. The van der Waals surface area contributed by atoms with E-state index in [0.717, 1.165) is 25.9 Å². The summed E-state index contributed by atoms with van der Waals surface area (Å²) < 4.78 is 32.7. The quantitative estimate of drug-likeness (QED) is 0.841.